The molecule has 2 aliphatic heterocycles. The Morgan fingerprint density at radius 2 is 1.70 bits per heavy atom. The molecule has 1 saturated heterocycles. The number of para-hydroxylation sites is 2. The van der Waals surface area contributed by atoms with Crippen molar-refractivity contribution in [3.63, 3.8) is 0 Å². The second-order valence-electron chi connectivity index (χ2n) is 8.56. The molecule has 0 unspecified atom stereocenters. The molecule has 0 spiro atoms. The van der Waals surface area contributed by atoms with Gasteiger partial charge in [0, 0.05) is 25.5 Å². The highest BCUT2D eigenvalue weighted by Gasteiger charge is 2.36. The Morgan fingerprint density at radius 1 is 1.00 bits per heavy atom. The van der Waals surface area contributed by atoms with E-state index in [9.17, 15) is 14.4 Å². The van der Waals surface area contributed by atoms with Crippen LogP contribution in [-0.2, 0) is 23.1 Å². The molecule has 1 atom stereocenters. The first-order chi connectivity index (χ1) is 16.0. The molecule has 0 radical (unpaired) electrons. The van der Waals surface area contributed by atoms with Gasteiger partial charge in [-0.15, -0.1) is 0 Å². The zero-order valence-electron chi connectivity index (χ0n) is 18.6. The Labute approximate surface area is 191 Å². The van der Waals surface area contributed by atoms with E-state index in [0.717, 1.165) is 32.4 Å². The van der Waals surface area contributed by atoms with E-state index in [4.69, 9.17) is 4.74 Å². The van der Waals surface area contributed by atoms with Gasteiger partial charge >= 0.3 is 0 Å². The van der Waals surface area contributed by atoms with E-state index in [1.165, 1.54) is 4.68 Å². The van der Waals surface area contributed by atoms with Crippen LogP contribution in [0.25, 0.3) is 10.8 Å². The summed E-state index contributed by atoms with van der Waals surface area (Å²) in [4.78, 5) is 42.6. The van der Waals surface area contributed by atoms with Crippen LogP contribution in [-0.4, -0.2) is 52.2 Å². The lowest BCUT2D eigenvalue weighted by Gasteiger charge is -2.37. The van der Waals surface area contributed by atoms with Gasteiger partial charge in [0.05, 0.1) is 29.7 Å². The Kier molecular flexibility index (Phi) is 5.58. The number of fused-ring (bicyclic) bond motifs is 2. The van der Waals surface area contributed by atoms with Crippen molar-refractivity contribution in [2.24, 2.45) is 7.05 Å². The number of amides is 2. The van der Waals surface area contributed by atoms with Crippen LogP contribution in [0.2, 0.25) is 0 Å². The second kappa shape index (κ2) is 8.69. The van der Waals surface area contributed by atoms with E-state index in [0.29, 0.717) is 27.9 Å². The lowest BCUT2D eigenvalue weighted by atomic mass is 10.1. The zero-order valence-corrected chi connectivity index (χ0v) is 18.6. The van der Waals surface area contributed by atoms with Crippen LogP contribution in [0.5, 0.6) is 5.75 Å². The third-order valence-corrected chi connectivity index (χ3v) is 6.37. The van der Waals surface area contributed by atoms with E-state index in [1.807, 2.05) is 35.2 Å². The van der Waals surface area contributed by atoms with Crippen molar-refractivity contribution >= 4 is 28.3 Å². The van der Waals surface area contributed by atoms with E-state index >= 15 is 0 Å². The number of aryl methyl sites for hydroxylation is 1. The quantitative estimate of drug-likeness (QED) is 0.616. The van der Waals surface area contributed by atoms with Gasteiger partial charge in [0.1, 0.15) is 5.75 Å². The summed E-state index contributed by atoms with van der Waals surface area (Å²) in [6.45, 7) is 1.60. The number of rotatable bonds is 3. The van der Waals surface area contributed by atoms with E-state index in [2.05, 4.69) is 5.10 Å². The number of likely N-dealkylation sites (tertiary alicyclic amines) is 1. The Bertz CT molecular complexity index is 1280. The molecule has 2 aromatic carbocycles. The summed E-state index contributed by atoms with van der Waals surface area (Å²) in [6.07, 6.45) is 2.37. The SMILES string of the molecule is Cn1nc(CC(=O)N2C[C@H](C(=O)N3CCCCC3)Oc3ccccc32)c2ccccc2c1=O. The molecule has 33 heavy (non-hydrogen) atoms. The fourth-order valence-electron chi connectivity index (χ4n) is 4.66. The molecule has 3 aromatic rings. The average Bonchev–Trinajstić information content (AvgIpc) is 2.86. The number of nitrogens with zero attached hydrogens (tertiary/aromatic N) is 4. The highest BCUT2D eigenvalue weighted by atomic mass is 16.5. The smallest absolute Gasteiger partial charge is 0.274 e. The van der Waals surface area contributed by atoms with E-state index < -0.39 is 6.10 Å². The van der Waals surface area contributed by atoms with Crippen LogP contribution >= 0.6 is 0 Å². The van der Waals surface area contributed by atoms with Crippen molar-refractivity contribution in [3.8, 4) is 5.75 Å². The average molecular weight is 447 g/mol. The summed E-state index contributed by atoms with van der Waals surface area (Å²) in [5.41, 5.74) is 0.964. The predicted molar refractivity (Wildman–Crippen MR) is 124 cm³/mol. The number of hydrogen-bond donors (Lipinski definition) is 0. The largest absolute Gasteiger partial charge is 0.476 e. The van der Waals surface area contributed by atoms with E-state index in [1.54, 1.807) is 30.1 Å². The molecule has 1 fully saturated rings. The Balaban J connectivity index is 1.46. The molecule has 5 rings (SSSR count). The van der Waals surface area contributed by atoms with Gasteiger partial charge < -0.3 is 14.5 Å². The third kappa shape index (κ3) is 3.97. The van der Waals surface area contributed by atoms with Gasteiger partial charge in [0.25, 0.3) is 11.5 Å². The lowest BCUT2D eigenvalue weighted by molar-refractivity contribution is -0.139. The molecule has 0 N–H and O–H groups in total. The van der Waals surface area contributed by atoms with Crippen molar-refractivity contribution in [3.05, 3.63) is 64.6 Å². The summed E-state index contributed by atoms with van der Waals surface area (Å²) in [7, 11) is 1.58. The van der Waals surface area contributed by atoms with Crippen LogP contribution in [0.3, 0.4) is 0 Å². The lowest BCUT2D eigenvalue weighted by Crippen LogP contribution is -2.53. The number of benzene rings is 2. The molecular weight excluding hydrogens is 420 g/mol. The minimum Gasteiger partial charge on any atom is -0.476 e. The van der Waals surface area contributed by atoms with Crippen LogP contribution in [0, 0.1) is 0 Å². The molecule has 0 bridgehead atoms. The zero-order chi connectivity index (χ0) is 22.9. The number of aromatic nitrogens is 2. The van der Waals surface area contributed by atoms with Crippen molar-refractivity contribution in [1.29, 1.82) is 0 Å². The van der Waals surface area contributed by atoms with Gasteiger partial charge in [-0.25, -0.2) is 4.68 Å². The van der Waals surface area contributed by atoms with E-state index in [-0.39, 0.29) is 30.3 Å². The Hall–Kier alpha value is -3.68. The van der Waals surface area contributed by atoms with Crippen molar-refractivity contribution in [1.82, 2.24) is 14.7 Å². The highest BCUT2D eigenvalue weighted by molar-refractivity contribution is 6.00. The fraction of sp³-hybridized carbons (Fsp3) is 0.360. The fourth-order valence-corrected chi connectivity index (χ4v) is 4.66. The summed E-state index contributed by atoms with van der Waals surface area (Å²) < 4.78 is 7.30. The molecular formula is C25H26N4O4. The first-order valence-electron chi connectivity index (χ1n) is 11.3. The number of anilines is 1. The molecule has 8 heteroatoms. The third-order valence-electron chi connectivity index (χ3n) is 6.37. The second-order valence-corrected chi connectivity index (χ2v) is 8.56. The van der Waals surface area contributed by atoms with Crippen LogP contribution in [0.15, 0.2) is 53.3 Å². The van der Waals surface area contributed by atoms with Gasteiger partial charge in [-0.05, 0) is 37.5 Å². The molecule has 2 amide bonds. The maximum Gasteiger partial charge on any atom is 0.274 e. The molecule has 1 aromatic heterocycles. The minimum absolute atomic E-state index is 0.00753. The van der Waals surface area contributed by atoms with Crippen molar-refractivity contribution in [2.75, 3.05) is 24.5 Å². The number of carbonyl (C=O) groups excluding carboxylic acids is 2. The first-order valence-corrected chi connectivity index (χ1v) is 11.3. The van der Waals surface area contributed by atoms with Gasteiger partial charge in [0.2, 0.25) is 5.91 Å². The van der Waals surface area contributed by atoms with Crippen molar-refractivity contribution < 1.29 is 14.3 Å². The molecule has 170 valence electrons. The summed E-state index contributed by atoms with van der Waals surface area (Å²) in [5.74, 6) is 0.247. The number of ether oxygens (including phenoxy) is 1. The maximum absolute atomic E-state index is 13.5. The Morgan fingerprint density at radius 3 is 2.48 bits per heavy atom. The topological polar surface area (TPSA) is 84.7 Å². The highest BCUT2D eigenvalue weighted by Crippen LogP contribution is 2.34. The predicted octanol–water partition coefficient (Wildman–Crippen LogP) is 2.28. The van der Waals surface area contributed by atoms with Gasteiger partial charge in [-0.1, -0.05) is 30.3 Å². The van der Waals surface area contributed by atoms with Crippen LogP contribution in [0.1, 0.15) is 25.0 Å². The maximum atomic E-state index is 13.5. The number of carbonyl (C=O) groups is 2. The minimum atomic E-state index is -0.744. The van der Waals surface area contributed by atoms with Gasteiger partial charge in [-0.2, -0.15) is 5.10 Å². The standard InChI is InChI=1S/C25H26N4O4/c1-27-24(31)18-10-4-3-9-17(18)19(26-27)15-23(30)29-16-22(25(32)28-13-7-2-8-14-28)33-21-12-6-5-11-20(21)29/h3-6,9-12,22H,2,7-8,13-16H2,1H3/t22-/m1/s1. The molecule has 8 nitrogen and oxygen atoms in total. The van der Waals surface area contributed by atoms with Crippen LogP contribution < -0.4 is 15.2 Å². The van der Waals surface area contributed by atoms with Gasteiger partial charge in [0.15, 0.2) is 6.10 Å². The van der Waals surface area contributed by atoms with Crippen molar-refractivity contribution in [2.45, 2.75) is 31.8 Å². The van der Waals surface area contributed by atoms with Gasteiger partial charge in [-0.3, -0.25) is 14.4 Å². The summed E-state index contributed by atoms with van der Waals surface area (Å²) in [5, 5.41) is 5.56. The molecule has 0 saturated carbocycles. The normalized spacial score (nSPS) is 18.0. The summed E-state index contributed by atoms with van der Waals surface area (Å²) in [6, 6.07) is 14.4. The molecule has 2 aliphatic rings. The monoisotopic (exact) mass is 446 g/mol. The number of piperidine rings is 1. The summed E-state index contributed by atoms with van der Waals surface area (Å²) >= 11 is 0. The number of hydrogen-bond acceptors (Lipinski definition) is 5. The molecule has 0 aliphatic carbocycles. The molecule has 3 heterocycles. The first kappa shape index (κ1) is 21.2. The van der Waals surface area contributed by atoms with Crippen LogP contribution in [0.4, 0.5) is 5.69 Å².